The van der Waals surface area contributed by atoms with Gasteiger partial charge >= 0.3 is 0 Å². The van der Waals surface area contributed by atoms with Crippen LogP contribution in [0.5, 0.6) is 5.75 Å². The number of benzene rings is 1. The first kappa shape index (κ1) is 22.8. The molecule has 2 aromatic heterocycles. The summed E-state index contributed by atoms with van der Waals surface area (Å²) < 4.78 is 41.4. The molecule has 0 spiro atoms. The lowest BCUT2D eigenvalue weighted by molar-refractivity contribution is 0.445. The fourth-order valence-corrected chi connectivity index (χ4v) is 6.03. The topological polar surface area (TPSA) is 121 Å². The van der Waals surface area contributed by atoms with Crippen LogP contribution in [-0.4, -0.2) is 39.7 Å². The summed E-state index contributed by atoms with van der Waals surface area (Å²) in [6, 6.07) is 4.92. The average Bonchev–Trinajstić information content (AvgIpc) is 3.50. The standard InChI is InChI=1S/C20H24ClN5O4S2/c1-12(2)13-9-14(30-11-13)10-22-19-20(25-31-24-19)23-16-6-5-15(21)18(17(16)27)32(28,29)26-7-3-4-8-26/h5-6,9,11-12,27H,3-4,7-8,10H2,1-2H3,(H,22,24)(H,23,25). The van der Waals surface area contributed by atoms with Gasteiger partial charge in [-0.25, -0.2) is 8.42 Å². The smallest absolute Gasteiger partial charge is 0.248 e. The lowest BCUT2D eigenvalue weighted by Gasteiger charge is -2.19. The third-order valence-electron chi connectivity index (χ3n) is 5.26. The predicted octanol–water partition coefficient (Wildman–Crippen LogP) is 4.75. The summed E-state index contributed by atoms with van der Waals surface area (Å²) in [4.78, 5) is -0.305. The van der Waals surface area contributed by atoms with Crippen molar-refractivity contribution in [3.8, 4) is 5.75 Å². The Morgan fingerprint density at radius 3 is 2.66 bits per heavy atom. The molecule has 0 bridgehead atoms. The van der Waals surface area contributed by atoms with Gasteiger partial charge in [-0.1, -0.05) is 25.4 Å². The van der Waals surface area contributed by atoms with Crippen molar-refractivity contribution in [2.45, 2.75) is 44.0 Å². The molecule has 0 atom stereocenters. The Hall–Kier alpha value is -2.34. The molecule has 1 aliphatic rings. The molecule has 1 fully saturated rings. The van der Waals surface area contributed by atoms with Crippen molar-refractivity contribution < 1.29 is 17.9 Å². The zero-order chi connectivity index (χ0) is 22.9. The van der Waals surface area contributed by atoms with Crippen molar-refractivity contribution in [2.75, 3.05) is 23.7 Å². The van der Waals surface area contributed by atoms with Crippen LogP contribution in [0.3, 0.4) is 0 Å². The number of aromatic hydroxyl groups is 1. The molecule has 172 valence electrons. The van der Waals surface area contributed by atoms with Crippen LogP contribution < -0.4 is 10.6 Å². The molecule has 9 nitrogen and oxygen atoms in total. The van der Waals surface area contributed by atoms with Gasteiger partial charge in [-0.05, 0) is 42.5 Å². The number of sulfonamides is 1. The number of hydrogen-bond donors (Lipinski definition) is 3. The number of nitrogens with zero attached hydrogens (tertiary/aromatic N) is 3. The van der Waals surface area contributed by atoms with E-state index in [2.05, 4.69) is 33.2 Å². The van der Waals surface area contributed by atoms with E-state index >= 15 is 0 Å². The van der Waals surface area contributed by atoms with Gasteiger partial charge in [0.2, 0.25) is 10.0 Å². The van der Waals surface area contributed by atoms with Gasteiger partial charge in [0.05, 0.1) is 35.2 Å². The maximum atomic E-state index is 13.0. The summed E-state index contributed by atoms with van der Waals surface area (Å²) >= 11 is 7.16. The van der Waals surface area contributed by atoms with Crippen LogP contribution in [0.2, 0.25) is 5.02 Å². The fraction of sp³-hybridized carbons (Fsp3) is 0.400. The molecule has 12 heteroatoms. The van der Waals surface area contributed by atoms with Gasteiger partial charge in [0.15, 0.2) is 17.4 Å². The Kier molecular flexibility index (Phi) is 6.61. The lowest BCUT2D eigenvalue weighted by Crippen LogP contribution is -2.28. The molecule has 0 saturated carbocycles. The third-order valence-corrected chi connectivity index (χ3v) is 8.19. The monoisotopic (exact) mass is 497 g/mol. The number of phenolic OH excluding ortho intramolecular Hbond substituents is 1. The van der Waals surface area contributed by atoms with Crippen LogP contribution in [0.15, 0.2) is 33.8 Å². The van der Waals surface area contributed by atoms with E-state index in [0.717, 1.165) is 35.9 Å². The minimum atomic E-state index is -3.91. The zero-order valence-electron chi connectivity index (χ0n) is 17.6. The molecule has 0 unspecified atom stereocenters. The lowest BCUT2D eigenvalue weighted by atomic mass is 10.1. The van der Waals surface area contributed by atoms with Crippen molar-refractivity contribution in [2.24, 2.45) is 0 Å². The summed E-state index contributed by atoms with van der Waals surface area (Å²) in [5.41, 5.74) is 1.28. The molecule has 32 heavy (non-hydrogen) atoms. The molecular formula is C20H24ClN5O4S2. The molecule has 1 aliphatic heterocycles. The van der Waals surface area contributed by atoms with Crippen LogP contribution in [0, 0.1) is 0 Å². The van der Waals surface area contributed by atoms with Crippen LogP contribution >= 0.6 is 23.3 Å². The number of nitrogens with one attached hydrogen (secondary N) is 2. The van der Waals surface area contributed by atoms with Gasteiger partial charge in [-0.15, -0.1) is 0 Å². The van der Waals surface area contributed by atoms with Gasteiger partial charge in [-0.2, -0.15) is 13.1 Å². The Morgan fingerprint density at radius 2 is 1.97 bits per heavy atom. The van der Waals surface area contributed by atoms with E-state index in [1.807, 2.05) is 6.07 Å². The molecule has 0 amide bonds. The first-order valence-corrected chi connectivity index (χ1v) is 12.7. The van der Waals surface area contributed by atoms with Crippen molar-refractivity contribution in [3.05, 3.63) is 40.8 Å². The number of rotatable bonds is 8. The van der Waals surface area contributed by atoms with Crippen LogP contribution in [-0.2, 0) is 16.6 Å². The maximum absolute atomic E-state index is 13.0. The second-order valence-corrected chi connectivity index (χ2v) is 10.6. The summed E-state index contributed by atoms with van der Waals surface area (Å²) in [5.74, 6) is 1.48. The SMILES string of the molecule is CC(C)c1coc(CNc2nsnc2Nc2ccc(Cl)c(S(=O)(=O)N3CCCC3)c2O)c1. The van der Waals surface area contributed by atoms with Crippen LogP contribution in [0.4, 0.5) is 17.3 Å². The Bertz CT molecular complexity index is 1200. The minimum Gasteiger partial charge on any atom is -0.504 e. The van der Waals surface area contributed by atoms with E-state index in [4.69, 9.17) is 16.0 Å². The normalized spacial score (nSPS) is 14.9. The number of anilines is 3. The van der Waals surface area contributed by atoms with Gasteiger partial charge in [0, 0.05) is 13.1 Å². The quantitative estimate of drug-likeness (QED) is 0.381. The van der Waals surface area contributed by atoms with Crippen molar-refractivity contribution in [1.29, 1.82) is 0 Å². The van der Waals surface area contributed by atoms with E-state index < -0.39 is 15.8 Å². The molecule has 3 heterocycles. The predicted molar refractivity (Wildman–Crippen MR) is 124 cm³/mol. The van der Waals surface area contributed by atoms with E-state index in [1.54, 1.807) is 6.26 Å². The molecule has 0 aliphatic carbocycles. The summed E-state index contributed by atoms with van der Waals surface area (Å²) in [6.07, 6.45) is 3.29. The number of hydrogen-bond acceptors (Lipinski definition) is 9. The number of phenols is 1. The van der Waals surface area contributed by atoms with Crippen LogP contribution in [0.1, 0.15) is 43.9 Å². The molecule has 1 saturated heterocycles. The van der Waals surface area contributed by atoms with E-state index in [-0.39, 0.29) is 15.6 Å². The minimum absolute atomic E-state index is 0.0338. The second kappa shape index (κ2) is 9.26. The molecule has 3 N–H and O–H groups in total. The highest BCUT2D eigenvalue weighted by atomic mass is 35.5. The molecule has 3 aromatic rings. The van der Waals surface area contributed by atoms with E-state index in [1.165, 1.54) is 16.4 Å². The van der Waals surface area contributed by atoms with Crippen molar-refractivity contribution in [1.82, 2.24) is 13.1 Å². The Morgan fingerprint density at radius 1 is 1.25 bits per heavy atom. The Labute approximate surface area is 195 Å². The summed E-state index contributed by atoms with van der Waals surface area (Å²) in [5, 5.41) is 16.9. The first-order valence-electron chi connectivity index (χ1n) is 10.2. The number of furan rings is 1. The molecule has 4 rings (SSSR count). The van der Waals surface area contributed by atoms with Crippen molar-refractivity contribution >= 4 is 50.7 Å². The molecular weight excluding hydrogens is 474 g/mol. The van der Waals surface area contributed by atoms with Crippen molar-refractivity contribution in [3.63, 3.8) is 0 Å². The van der Waals surface area contributed by atoms with Crippen LogP contribution in [0.25, 0.3) is 0 Å². The highest BCUT2D eigenvalue weighted by Crippen LogP contribution is 2.40. The Balaban J connectivity index is 1.54. The summed E-state index contributed by atoms with van der Waals surface area (Å²) in [7, 11) is -3.91. The van der Waals surface area contributed by atoms with E-state index in [0.29, 0.717) is 37.2 Å². The van der Waals surface area contributed by atoms with Gasteiger partial charge in [0.1, 0.15) is 10.7 Å². The van der Waals surface area contributed by atoms with Gasteiger partial charge in [-0.3, -0.25) is 0 Å². The largest absolute Gasteiger partial charge is 0.504 e. The fourth-order valence-electron chi connectivity index (χ4n) is 3.43. The average molecular weight is 498 g/mol. The third kappa shape index (κ3) is 4.56. The van der Waals surface area contributed by atoms with Gasteiger partial charge < -0.3 is 20.2 Å². The first-order chi connectivity index (χ1) is 15.3. The second-order valence-electron chi connectivity index (χ2n) is 7.82. The maximum Gasteiger partial charge on any atom is 0.248 e. The van der Waals surface area contributed by atoms with Gasteiger partial charge in [0.25, 0.3) is 0 Å². The number of aromatic nitrogens is 2. The summed E-state index contributed by atoms with van der Waals surface area (Å²) in [6.45, 7) is 5.39. The number of halogens is 1. The molecule has 0 radical (unpaired) electrons. The highest BCUT2D eigenvalue weighted by molar-refractivity contribution is 7.89. The molecule has 1 aromatic carbocycles. The zero-order valence-corrected chi connectivity index (χ0v) is 20.0. The van der Waals surface area contributed by atoms with E-state index in [9.17, 15) is 13.5 Å². The highest BCUT2D eigenvalue weighted by Gasteiger charge is 2.33.